The number of hydrogen-bond donors (Lipinski definition) is 1. The van der Waals surface area contributed by atoms with E-state index in [-0.39, 0.29) is 5.41 Å². The lowest BCUT2D eigenvalue weighted by atomic mass is 9.96. The van der Waals surface area contributed by atoms with Gasteiger partial charge in [-0.25, -0.2) is 9.97 Å². The molecule has 1 N–H and O–H groups in total. The molecule has 0 unspecified atom stereocenters. The van der Waals surface area contributed by atoms with E-state index in [0.717, 1.165) is 45.8 Å². The zero-order valence-electron chi connectivity index (χ0n) is 16.2. The SMILES string of the molecule is CC(C)(C)c1nccc(Sc2nnc(-c3c[nH]c4ccccc34)n2C2CC2)n1. The summed E-state index contributed by atoms with van der Waals surface area (Å²) in [4.78, 5) is 12.5. The minimum atomic E-state index is -0.0874. The maximum absolute atomic E-state index is 4.75. The average molecular weight is 391 g/mol. The van der Waals surface area contributed by atoms with Crippen LogP contribution in [0.2, 0.25) is 0 Å². The van der Waals surface area contributed by atoms with Crippen molar-refractivity contribution in [1.29, 1.82) is 0 Å². The molecular formula is C21H22N6S. The summed E-state index contributed by atoms with van der Waals surface area (Å²) in [7, 11) is 0. The van der Waals surface area contributed by atoms with E-state index in [1.807, 2.05) is 24.5 Å². The van der Waals surface area contributed by atoms with Gasteiger partial charge < -0.3 is 4.98 Å². The lowest BCUT2D eigenvalue weighted by Crippen LogP contribution is -2.15. The van der Waals surface area contributed by atoms with Gasteiger partial charge >= 0.3 is 0 Å². The second-order valence-corrected chi connectivity index (χ2v) is 9.21. The molecule has 0 spiro atoms. The summed E-state index contributed by atoms with van der Waals surface area (Å²) in [5.74, 6) is 1.76. The molecule has 0 saturated heterocycles. The molecule has 1 saturated carbocycles. The summed E-state index contributed by atoms with van der Waals surface area (Å²) in [6.45, 7) is 6.37. The Hall–Kier alpha value is -2.67. The van der Waals surface area contributed by atoms with Crippen LogP contribution in [-0.4, -0.2) is 29.7 Å². The molecule has 0 bridgehead atoms. The number of nitrogens with zero attached hydrogens (tertiary/aromatic N) is 5. The number of H-pyrrole nitrogens is 1. The number of fused-ring (bicyclic) bond motifs is 1. The first-order chi connectivity index (χ1) is 13.5. The average Bonchev–Trinajstić information content (AvgIpc) is 3.29. The standard InChI is InChI=1S/C21H22N6S/c1-21(2,3)19-22-11-10-17(24-19)28-20-26-25-18(27(20)13-8-9-13)15-12-23-16-7-5-4-6-14(15)16/h4-7,10-13,23H,8-9H2,1-3H3. The molecule has 0 amide bonds. The highest BCUT2D eigenvalue weighted by Crippen LogP contribution is 2.43. The number of nitrogens with one attached hydrogen (secondary N) is 1. The number of benzene rings is 1. The fraction of sp³-hybridized carbons (Fsp3) is 0.333. The van der Waals surface area contributed by atoms with Crippen LogP contribution in [0.25, 0.3) is 22.3 Å². The molecular weight excluding hydrogens is 368 g/mol. The Morgan fingerprint density at radius 1 is 1.11 bits per heavy atom. The van der Waals surface area contributed by atoms with Gasteiger partial charge in [-0.05, 0) is 36.7 Å². The van der Waals surface area contributed by atoms with Crippen LogP contribution in [0.15, 0.2) is 52.9 Å². The predicted octanol–water partition coefficient (Wildman–Crippen LogP) is 5.00. The molecule has 142 valence electrons. The van der Waals surface area contributed by atoms with Crippen LogP contribution in [-0.2, 0) is 5.41 Å². The van der Waals surface area contributed by atoms with Crippen LogP contribution >= 0.6 is 11.8 Å². The molecule has 7 heteroatoms. The molecule has 0 aliphatic heterocycles. The van der Waals surface area contributed by atoms with Crippen LogP contribution in [0.1, 0.15) is 45.5 Å². The van der Waals surface area contributed by atoms with Crippen molar-refractivity contribution in [3.8, 4) is 11.4 Å². The second kappa shape index (κ2) is 6.44. The topological polar surface area (TPSA) is 72.3 Å². The second-order valence-electron chi connectivity index (χ2n) is 8.23. The van der Waals surface area contributed by atoms with E-state index in [4.69, 9.17) is 4.98 Å². The van der Waals surface area contributed by atoms with Gasteiger partial charge in [0.05, 0.1) is 0 Å². The van der Waals surface area contributed by atoms with Gasteiger partial charge in [-0.1, -0.05) is 39.0 Å². The maximum atomic E-state index is 4.75. The minimum absolute atomic E-state index is 0.0874. The monoisotopic (exact) mass is 390 g/mol. The zero-order valence-corrected chi connectivity index (χ0v) is 17.0. The fourth-order valence-corrected chi connectivity index (χ4v) is 4.17. The molecule has 1 aliphatic rings. The molecule has 5 rings (SSSR count). The van der Waals surface area contributed by atoms with Crippen LogP contribution < -0.4 is 0 Å². The third-order valence-corrected chi connectivity index (χ3v) is 5.80. The Bertz CT molecular complexity index is 1150. The van der Waals surface area contributed by atoms with Gasteiger partial charge in [0.25, 0.3) is 0 Å². The Labute approximate surface area is 167 Å². The summed E-state index contributed by atoms with van der Waals surface area (Å²) in [5, 5.41) is 12.1. The normalized spacial score (nSPS) is 14.7. The highest BCUT2D eigenvalue weighted by Gasteiger charge is 2.31. The van der Waals surface area contributed by atoms with Crippen LogP contribution in [0.3, 0.4) is 0 Å². The van der Waals surface area contributed by atoms with E-state index in [9.17, 15) is 0 Å². The van der Waals surface area contributed by atoms with Gasteiger partial charge in [-0.15, -0.1) is 10.2 Å². The van der Waals surface area contributed by atoms with Gasteiger partial charge in [-0.3, -0.25) is 4.57 Å². The summed E-state index contributed by atoms with van der Waals surface area (Å²) in [6, 6.07) is 10.7. The lowest BCUT2D eigenvalue weighted by Gasteiger charge is -2.16. The summed E-state index contributed by atoms with van der Waals surface area (Å²) in [6.07, 6.45) is 6.19. The summed E-state index contributed by atoms with van der Waals surface area (Å²) < 4.78 is 2.28. The number of hydrogen-bond acceptors (Lipinski definition) is 5. The molecule has 0 atom stereocenters. The molecule has 0 radical (unpaired) electrons. The van der Waals surface area contributed by atoms with Crippen molar-refractivity contribution in [2.75, 3.05) is 0 Å². The Kier molecular flexibility index (Phi) is 4.01. The number of para-hydroxylation sites is 1. The van der Waals surface area contributed by atoms with E-state index >= 15 is 0 Å². The van der Waals surface area contributed by atoms with E-state index < -0.39 is 0 Å². The quantitative estimate of drug-likeness (QED) is 0.497. The van der Waals surface area contributed by atoms with Crippen molar-refractivity contribution >= 4 is 22.7 Å². The highest BCUT2D eigenvalue weighted by atomic mass is 32.2. The van der Waals surface area contributed by atoms with E-state index in [2.05, 4.69) is 63.7 Å². The van der Waals surface area contributed by atoms with Crippen molar-refractivity contribution < 1.29 is 0 Å². The number of aromatic nitrogens is 6. The first kappa shape index (κ1) is 17.4. The first-order valence-corrected chi connectivity index (χ1v) is 10.3. The summed E-state index contributed by atoms with van der Waals surface area (Å²) in [5.41, 5.74) is 2.12. The van der Waals surface area contributed by atoms with Crippen LogP contribution in [0.4, 0.5) is 0 Å². The van der Waals surface area contributed by atoms with Crippen molar-refractivity contribution in [3.05, 3.63) is 48.5 Å². The van der Waals surface area contributed by atoms with Gasteiger partial charge in [0, 0.05) is 40.3 Å². The molecule has 6 nitrogen and oxygen atoms in total. The maximum Gasteiger partial charge on any atom is 0.198 e. The van der Waals surface area contributed by atoms with Gasteiger partial charge in [0.1, 0.15) is 10.9 Å². The van der Waals surface area contributed by atoms with Crippen LogP contribution in [0.5, 0.6) is 0 Å². The number of aromatic amines is 1. The van der Waals surface area contributed by atoms with Crippen molar-refractivity contribution in [1.82, 2.24) is 29.7 Å². The molecule has 3 aromatic heterocycles. The van der Waals surface area contributed by atoms with Gasteiger partial charge in [-0.2, -0.15) is 0 Å². The first-order valence-electron chi connectivity index (χ1n) is 9.53. The van der Waals surface area contributed by atoms with E-state index in [0.29, 0.717) is 6.04 Å². The Morgan fingerprint density at radius 2 is 1.93 bits per heavy atom. The minimum Gasteiger partial charge on any atom is -0.360 e. The molecule has 3 heterocycles. The molecule has 1 aromatic carbocycles. The van der Waals surface area contributed by atoms with Gasteiger partial charge in [0.15, 0.2) is 11.0 Å². The van der Waals surface area contributed by atoms with E-state index in [1.54, 1.807) is 11.8 Å². The molecule has 1 aliphatic carbocycles. The van der Waals surface area contributed by atoms with E-state index in [1.165, 1.54) is 5.39 Å². The van der Waals surface area contributed by atoms with Crippen molar-refractivity contribution in [2.24, 2.45) is 0 Å². The largest absolute Gasteiger partial charge is 0.360 e. The lowest BCUT2D eigenvalue weighted by molar-refractivity contribution is 0.538. The fourth-order valence-electron chi connectivity index (χ4n) is 3.30. The van der Waals surface area contributed by atoms with Gasteiger partial charge in [0.2, 0.25) is 0 Å². The third kappa shape index (κ3) is 3.09. The molecule has 1 fully saturated rings. The smallest absolute Gasteiger partial charge is 0.198 e. The number of rotatable bonds is 4. The van der Waals surface area contributed by atoms with Crippen molar-refractivity contribution in [3.63, 3.8) is 0 Å². The highest BCUT2D eigenvalue weighted by molar-refractivity contribution is 7.99. The molecule has 28 heavy (non-hydrogen) atoms. The zero-order chi connectivity index (χ0) is 19.3. The Balaban J connectivity index is 1.56. The van der Waals surface area contributed by atoms with Crippen molar-refractivity contribution in [2.45, 2.75) is 55.3 Å². The Morgan fingerprint density at radius 3 is 2.71 bits per heavy atom. The molecule has 4 aromatic rings. The van der Waals surface area contributed by atoms with Crippen LogP contribution in [0, 0.1) is 0 Å². The third-order valence-electron chi connectivity index (χ3n) is 4.90. The predicted molar refractivity (Wildman–Crippen MR) is 110 cm³/mol. The summed E-state index contributed by atoms with van der Waals surface area (Å²) >= 11 is 1.56.